The van der Waals surface area contributed by atoms with Crippen molar-refractivity contribution in [3.63, 3.8) is 0 Å². The van der Waals surface area contributed by atoms with E-state index in [0.29, 0.717) is 17.5 Å². The standard InChI is InChI=1S/C16H20N4.C7H12ClNO3.C6H14.C4H10O/c1-2-5-12-8-10-13(11-9-12)14-6-3-4-7-15(14)16(19-17)20-18;1-5(6(8)9-2)7(10)12-4-11-3;1-3-5-6-4-2;1-4(2)5-3/h3-4,6-11H,2,5,17-18H2,1H3,(H,19,20);9H,4H2,1-3H3;3-6H2,1-2H3;4H,1-3H3/b;6-5+;;. The summed E-state index contributed by atoms with van der Waals surface area (Å²) in [7, 11) is 4.76. The minimum absolute atomic E-state index is 0.0654. The molecule has 0 unspecified atom stereocenters. The van der Waals surface area contributed by atoms with Gasteiger partial charge in [0, 0.05) is 26.8 Å². The van der Waals surface area contributed by atoms with E-state index in [2.05, 4.69) is 70.4 Å². The van der Waals surface area contributed by atoms with Crippen molar-refractivity contribution in [3.05, 3.63) is 70.4 Å². The fraction of sp³-hybridized carbons (Fsp3) is 0.515. The van der Waals surface area contributed by atoms with Gasteiger partial charge in [-0.2, -0.15) is 5.10 Å². The number of hydrazine groups is 1. The number of carbonyl (C=O) groups excluding carboxylic acids is 1. The summed E-state index contributed by atoms with van der Waals surface area (Å²) in [6, 6.07) is 16.5. The fourth-order valence-corrected chi connectivity index (χ4v) is 3.34. The molecular formula is C33H56ClN5O4. The van der Waals surface area contributed by atoms with Crippen LogP contribution in [-0.2, 0) is 25.4 Å². The predicted molar refractivity (Wildman–Crippen MR) is 181 cm³/mol. The molecule has 2 rings (SSSR count). The van der Waals surface area contributed by atoms with Gasteiger partial charge in [0.2, 0.25) is 0 Å². The van der Waals surface area contributed by atoms with E-state index in [0.717, 1.165) is 29.5 Å². The van der Waals surface area contributed by atoms with Crippen LogP contribution < -0.4 is 22.4 Å². The van der Waals surface area contributed by atoms with Crippen molar-refractivity contribution >= 4 is 23.4 Å². The summed E-state index contributed by atoms with van der Waals surface area (Å²) >= 11 is 5.62. The zero-order valence-corrected chi connectivity index (χ0v) is 28.5. The summed E-state index contributed by atoms with van der Waals surface area (Å²) in [5.74, 6) is 10.8. The van der Waals surface area contributed by atoms with E-state index in [9.17, 15) is 4.79 Å². The maximum Gasteiger partial charge on any atom is 0.338 e. The molecule has 0 aliphatic rings. The second kappa shape index (κ2) is 27.7. The topological polar surface area (TPSA) is 133 Å². The number of benzene rings is 2. The van der Waals surface area contributed by atoms with Crippen molar-refractivity contribution in [2.45, 2.75) is 86.2 Å². The molecule has 0 amide bonds. The third-order valence-electron chi connectivity index (χ3n) is 5.84. The average molecular weight is 622 g/mol. The number of nitrogens with zero attached hydrogens (tertiary/aromatic N) is 1. The molecule has 2 aromatic carbocycles. The minimum Gasteiger partial charge on any atom is -0.435 e. The summed E-state index contributed by atoms with van der Waals surface area (Å²) in [4.78, 5) is 11.0. The normalized spacial score (nSPS) is 11.0. The average Bonchev–Trinajstić information content (AvgIpc) is 3.04. The SMILES string of the molecule is CCCCCC.CCCc1ccc(-c2ccccc2/C(=N/N)NN)cc1.CN/C(Cl)=C(\C)C(=O)OCOC.COC(C)C. The molecule has 43 heavy (non-hydrogen) atoms. The van der Waals surface area contributed by atoms with Crippen LogP contribution in [0.25, 0.3) is 11.1 Å². The van der Waals surface area contributed by atoms with Crippen molar-refractivity contribution in [1.29, 1.82) is 0 Å². The lowest BCUT2D eigenvalue weighted by molar-refractivity contribution is -0.149. The van der Waals surface area contributed by atoms with Crippen LogP contribution in [0.5, 0.6) is 0 Å². The number of nitrogens with two attached hydrogens (primary N) is 2. The van der Waals surface area contributed by atoms with Gasteiger partial charge in [-0.3, -0.25) is 0 Å². The van der Waals surface area contributed by atoms with Gasteiger partial charge in [-0.1, -0.05) is 113 Å². The number of ether oxygens (including phenoxy) is 3. The zero-order valence-electron chi connectivity index (χ0n) is 27.8. The van der Waals surface area contributed by atoms with E-state index in [-0.39, 0.29) is 11.9 Å². The monoisotopic (exact) mass is 621 g/mol. The number of hydrogen-bond donors (Lipinski definition) is 4. The lowest BCUT2D eigenvalue weighted by Gasteiger charge is -2.11. The third kappa shape index (κ3) is 19.7. The Morgan fingerprint density at radius 1 is 0.977 bits per heavy atom. The highest BCUT2D eigenvalue weighted by atomic mass is 35.5. The van der Waals surface area contributed by atoms with Crippen LogP contribution in [-0.4, -0.2) is 46.0 Å². The van der Waals surface area contributed by atoms with Gasteiger partial charge in [-0.25, -0.2) is 10.6 Å². The van der Waals surface area contributed by atoms with Crippen LogP contribution in [0.1, 0.15) is 84.8 Å². The highest BCUT2D eigenvalue weighted by Crippen LogP contribution is 2.24. The van der Waals surface area contributed by atoms with Gasteiger partial charge in [0.05, 0.1) is 11.7 Å². The number of rotatable bonds is 12. The van der Waals surface area contributed by atoms with Crippen molar-refractivity contribution < 1.29 is 19.0 Å². The number of unbranched alkanes of at least 4 members (excludes halogenated alkanes) is 3. The number of halogens is 1. The summed E-state index contributed by atoms with van der Waals surface area (Å²) in [5, 5.41) is 6.59. The maximum atomic E-state index is 11.0. The molecule has 0 aliphatic heterocycles. The van der Waals surface area contributed by atoms with Gasteiger partial charge in [-0.05, 0) is 43.9 Å². The van der Waals surface area contributed by atoms with Gasteiger partial charge >= 0.3 is 5.97 Å². The molecule has 0 saturated carbocycles. The number of esters is 1. The number of hydrogen-bond acceptors (Lipinski definition) is 8. The fourth-order valence-electron chi connectivity index (χ4n) is 3.26. The molecule has 0 saturated heterocycles. The Labute approximate surface area is 265 Å². The van der Waals surface area contributed by atoms with Crippen molar-refractivity contribution in [2.24, 2.45) is 16.8 Å². The van der Waals surface area contributed by atoms with Gasteiger partial charge in [0.15, 0.2) is 12.6 Å². The van der Waals surface area contributed by atoms with Crippen molar-refractivity contribution in [2.75, 3.05) is 28.1 Å². The molecule has 0 aliphatic carbocycles. The molecule has 0 radical (unpaired) electrons. The van der Waals surface area contributed by atoms with E-state index in [1.807, 2.05) is 38.1 Å². The maximum absolute atomic E-state index is 11.0. The molecule has 10 heteroatoms. The first-order valence-corrected chi connectivity index (χ1v) is 15.2. The highest BCUT2D eigenvalue weighted by molar-refractivity contribution is 6.31. The van der Waals surface area contributed by atoms with Crippen LogP contribution >= 0.6 is 11.6 Å². The van der Waals surface area contributed by atoms with E-state index in [1.165, 1.54) is 38.4 Å². The van der Waals surface area contributed by atoms with E-state index in [1.54, 1.807) is 21.1 Å². The van der Waals surface area contributed by atoms with E-state index >= 15 is 0 Å². The van der Waals surface area contributed by atoms with Gasteiger partial charge in [-0.15, -0.1) is 0 Å². The molecular weight excluding hydrogens is 566 g/mol. The molecule has 6 N–H and O–H groups in total. The molecule has 244 valence electrons. The van der Waals surface area contributed by atoms with Gasteiger partial charge in [0.25, 0.3) is 0 Å². The Balaban J connectivity index is 0. The van der Waals surface area contributed by atoms with Crippen LogP contribution in [0, 0.1) is 0 Å². The molecule has 9 nitrogen and oxygen atoms in total. The number of carbonyl (C=O) groups is 1. The lowest BCUT2D eigenvalue weighted by atomic mass is 9.97. The number of methoxy groups -OCH3 is 2. The molecule has 0 bridgehead atoms. The first-order valence-electron chi connectivity index (χ1n) is 14.8. The zero-order chi connectivity index (χ0) is 33.0. The quantitative estimate of drug-likeness (QED) is 0.0233. The summed E-state index contributed by atoms with van der Waals surface area (Å²) in [6.07, 6.45) is 8.17. The van der Waals surface area contributed by atoms with Crippen LogP contribution in [0.2, 0.25) is 0 Å². The van der Waals surface area contributed by atoms with E-state index in [4.69, 9.17) is 28.0 Å². The second-order valence-corrected chi connectivity index (χ2v) is 10.0. The second-order valence-electron chi connectivity index (χ2n) is 9.63. The molecule has 0 aromatic heterocycles. The summed E-state index contributed by atoms with van der Waals surface area (Å²) in [5.41, 5.74) is 7.28. The Morgan fingerprint density at radius 2 is 1.53 bits per heavy atom. The largest absolute Gasteiger partial charge is 0.435 e. The molecule has 0 fully saturated rings. The number of aryl methyl sites for hydroxylation is 1. The van der Waals surface area contributed by atoms with Crippen molar-refractivity contribution in [1.82, 2.24) is 10.7 Å². The Kier molecular flexibility index (Phi) is 27.1. The first kappa shape index (κ1) is 42.0. The lowest BCUT2D eigenvalue weighted by Crippen LogP contribution is -2.32. The first-order chi connectivity index (χ1) is 20.6. The number of nitrogens with one attached hydrogen (secondary N) is 2. The summed E-state index contributed by atoms with van der Waals surface area (Å²) < 4.78 is 13.9. The number of hydrazone groups is 1. The van der Waals surface area contributed by atoms with Crippen LogP contribution in [0.4, 0.5) is 0 Å². The summed E-state index contributed by atoms with van der Waals surface area (Å²) in [6.45, 7) is 12.1. The highest BCUT2D eigenvalue weighted by Gasteiger charge is 2.10. The van der Waals surface area contributed by atoms with E-state index < -0.39 is 5.97 Å². The Bertz CT molecular complexity index is 1040. The molecule has 0 atom stereocenters. The molecule has 0 spiro atoms. The number of amidine groups is 1. The smallest absolute Gasteiger partial charge is 0.338 e. The molecule has 2 aromatic rings. The van der Waals surface area contributed by atoms with Gasteiger partial charge < -0.3 is 30.8 Å². The Hall–Kier alpha value is -3.11. The Morgan fingerprint density at radius 3 is 1.95 bits per heavy atom. The minimum atomic E-state index is -0.490. The predicted octanol–water partition coefficient (Wildman–Crippen LogP) is 6.84. The van der Waals surface area contributed by atoms with Gasteiger partial charge in [0.1, 0.15) is 5.16 Å². The van der Waals surface area contributed by atoms with Crippen molar-refractivity contribution in [3.8, 4) is 11.1 Å². The third-order valence-corrected chi connectivity index (χ3v) is 6.32. The van der Waals surface area contributed by atoms with Crippen LogP contribution in [0.15, 0.2) is 64.4 Å². The van der Waals surface area contributed by atoms with Crippen LogP contribution in [0.3, 0.4) is 0 Å². The molecule has 0 heterocycles.